The fourth-order valence-corrected chi connectivity index (χ4v) is 2.60. The fraction of sp³-hybridized carbons (Fsp3) is 0.375. The summed E-state index contributed by atoms with van der Waals surface area (Å²) in [7, 11) is 1.93. The third kappa shape index (κ3) is 2.91. The van der Waals surface area contributed by atoms with Gasteiger partial charge in [0.25, 0.3) is 0 Å². The molecule has 1 aliphatic rings. The summed E-state index contributed by atoms with van der Waals surface area (Å²) >= 11 is 0. The molecule has 3 rings (SSSR count). The highest BCUT2D eigenvalue weighted by molar-refractivity contribution is 5.75. The van der Waals surface area contributed by atoms with E-state index < -0.39 is 5.97 Å². The quantitative estimate of drug-likeness (QED) is 0.886. The van der Waals surface area contributed by atoms with Gasteiger partial charge in [-0.1, -0.05) is 12.1 Å². The number of aromatic nitrogens is 2. The van der Waals surface area contributed by atoms with Crippen LogP contribution in [-0.2, 0) is 18.4 Å². The van der Waals surface area contributed by atoms with Crippen molar-refractivity contribution in [2.24, 2.45) is 13.0 Å². The minimum atomic E-state index is -0.687. The molecule has 0 aliphatic heterocycles. The first kappa shape index (κ1) is 13.7. The van der Waals surface area contributed by atoms with Gasteiger partial charge in [-0.05, 0) is 43.0 Å². The van der Waals surface area contributed by atoms with Gasteiger partial charge in [-0.15, -0.1) is 0 Å². The Morgan fingerprint density at radius 2 is 2.14 bits per heavy atom. The molecule has 0 radical (unpaired) electrons. The van der Waals surface area contributed by atoms with Gasteiger partial charge >= 0.3 is 5.97 Å². The molecule has 1 heterocycles. The van der Waals surface area contributed by atoms with E-state index >= 15 is 0 Å². The van der Waals surface area contributed by atoms with E-state index in [1.165, 1.54) is 0 Å². The minimum Gasteiger partial charge on any atom is -0.481 e. The Hall–Kier alpha value is -2.30. The zero-order valence-corrected chi connectivity index (χ0v) is 12.2. The van der Waals surface area contributed by atoms with Crippen molar-refractivity contribution in [3.8, 4) is 0 Å². The van der Waals surface area contributed by atoms with Gasteiger partial charge in [0.2, 0.25) is 0 Å². The normalized spacial score (nSPS) is 20.3. The maximum absolute atomic E-state index is 10.9. The molecule has 2 N–H and O–H groups in total. The van der Waals surface area contributed by atoms with Crippen LogP contribution in [0.1, 0.15) is 29.3 Å². The highest BCUT2D eigenvalue weighted by Gasteiger charge is 2.43. The van der Waals surface area contributed by atoms with E-state index in [2.05, 4.69) is 16.5 Å². The van der Waals surface area contributed by atoms with Crippen LogP contribution in [0.2, 0.25) is 0 Å². The standard InChI is InChI=1S/C16H19N3O2/c1-10-7-13(18-19(10)2)9-17-12-5-3-11(4-6-12)14-8-15(14)16(20)21/h3-7,14-15,17H,8-9H2,1-2H3,(H,20,21)/t14-,15+/m0/s1. The molecule has 0 bridgehead atoms. The monoisotopic (exact) mass is 285 g/mol. The molecule has 2 atom stereocenters. The number of carboxylic acids is 1. The Balaban J connectivity index is 1.59. The summed E-state index contributed by atoms with van der Waals surface area (Å²) < 4.78 is 1.86. The van der Waals surface area contributed by atoms with Gasteiger partial charge in [0, 0.05) is 18.4 Å². The second-order valence-electron chi connectivity index (χ2n) is 5.66. The summed E-state index contributed by atoms with van der Waals surface area (Å²) in [6, 6.07) is 10.1. The number of aryl methyl sites for hydroxylation is 2. The van der Waals surface area contributed by atoms with Gasteiger partial charge in [-0.25, -0.2) is 0 Å². The van der Waals surface area contributed by atoms with Gasteiger partial charge < -0.3 is 10.4 Å². The second-order valence-corrected chi connectivity index (χ2v) is 5.66. The molecule has 2 aromatic rings. The summed E-state index contributed by atoms with van der Waals surface area (Å²) in [6.45, 7) is 2.71. The Bertz CT molecular complexity index is 641. The number of carbonyl (C=O) groups is 1. The molecule has 0 unspecified atom stereocenters. The van der Waals surface area contributed by atoms with Crippen LogP contribution in [0.25, 0.3) is 0 Å². The number of nitrogens with one attached hydrogen (secondary N) is 1. The number of benzene rings is 1. The van der Waals surface area contributed by atoms with Crippen molar-refractivity contribution in [1.29, 1.82) is 0 Å². The smallest absolute Gasteiger partial charge is 0.307 e. The van der Waals surface area contributed by atoms with Gasteiger partial charge in [0.1, 0.15) is 0 Å². The predicted octanol–water partition coefficient (Wildman–Crippen LogP) is 2.53. The van der Waals surface area contributed by atoms with Crippen molar-refractivity contribution < 1.29 is 9.90 Å². The number of hydrogen-bond donors (Lipinski definition) is 2. The molecule has 1 aromatic carbocycles. The summed E-state index contributed by atoms with van der Waals surface area (Å²) in [5, 5.41) is 16.7. The van der Waals surface area contributed by atoms with E-state index in [0.29, 0.717) is 6.54 Å². The van der Waals surface area contributed by atoms with Crippen LogP contribution in [-0.4, -0.2) is 20.9 Å². The summed E-state index contributed by atoms with van der Waals surface area (Å²) in [6.07, 6.45) is 0.759. The number of anilines is 1. The molecule has 0 saturated heterocycles. The van der Waals surface area contributed by atoms with Crippen LogP contribution < -0.4 is 5.32 Å². The van der Waals surface area contributed by atoms with Crippen LogP contribution in [0.3, 0.4) is 0 Å². The van der Waals surface area contributed by atoms with E-state index in [0.717, 1.165) is 29.1 Å². The molecule has 0 amide bonds. The maximum atomic E-state index is 10.9. The Kier molecular flexibility index (Phi) is 3.41. The molecule has 21 heavy (non-hydrogen) atoms. The van der Waals surface area contributed by atoms with Gasteiger partial charge in [0.15, 0.2) is 0 Å². The Morgan fingerprint density at radius 3 is 2.67 bits per heavy atom. The Labute approximate surface area is 123 Å². The molecule has 1 saturated carbocycles. The molecule has 5 heteroatoms. The van der Waals surface area contributed by atoms with E-state index in [-0.39, 0.29) is 11.8 Å². The van der Waals surface area contributed by atoms with Gasteiger partial charge in [-0.3, -0.25) is 9.48 Å². The van der Waals surface area contributed by atoms with Crippen LogP contribution in [0.15, 0.2) is 30.3 Å². The summed E-state index contributed by atoms with van der Waals surface area (Å²) in [5.41, 5.74) is 4.28. The number of nitrogens with zero attached hydrogens (tertiary/aromatic N) is 2. The first-order chi connectivity index (χ1) is 10.0. The molecular weight excluding hydrogens is 266 g/mol. The molecule has 1 aliphatic carbocycles. The lowest BCUT2D eigenvalue weighted by atomic mass is 10.1. The lowest BCUT2D eigenvalue weighted by Crippen LogP contribution is -2.02. The predicted molar refractivity (Wildman–Crippen MR) is 80.2 cm³/mol. The van der Waals surface area contributed by atoms with Crippen molar-refractivity contribution in [2.45, 2.75) is 25.8 Å². The molecule has 0 spiro atoms. The van der Waals surface area contributed by atoms with E-state index in [1.807, 2.05) is 42.9 Å². The van der Waals surface area contributed by atoms with E-state index in [9.17, 15) is 4.79 Å². The number of hydrogen-bond acceptors (Lipinski definition) is 3. The molecule has 5 nitrogen and oxygen atoms in total. The van der Waals surface area contributed by atoms with Crippen molar-refractivity contribution >= 4 is 11.7 Å². The topological polar surface area (TPSA) is 67.2 Å². The van der Waals surface area contributed by atoms with Gasteiger partial charge in [-0.2, -0.15) is 5.10 Å². The molecular formula is C16H19N3O2. The van der Waals surface area contributed by atoms with Crippen molar-refractivity contribution in [3.05, 3.63) is 47.3 Å². The minimum absolute atomic E-state index is 0.190. The van der Waals surface area contributed by atoms with Crippen LogP contribution in [0.5, 0.6) is 0 Å². The Morgan fingerprint density at radius 1 is 1.43 bits per heavy atom. The van der Waals surface area contributed by atoms with Crippen molar-refractivity contribution in [1.82, 2.24) is 9.78 Å². The van der Waals surface area contributed by atoms with Gasteiger partial charge in [0.05, 0.1) is 18.2 Å². The van der Waals surface area contributed by atoms with Crippen LogP contribution >= 0.6 is 0 Å². The fourth-order valence-electron chi connectivity index (χ4n) is 2.60. The average Bonchev–Trinajstić information content (AvgIpc) is 3.19. The third-order valence-corrected chi connectivity index (χ3v) is 4.08. The lowest BCUT2D eigenvalue weighted by molar-refractivity contribution is -0.138. The first-order valence-corrected chi connectivity index (χ1v) is 7.11. The largest absolute Gasteiger partial charge is 0.481 e. The third-order valence-electron chi connectivity index (χ3n) is 4.08. The van der Waals surface area contributed by atoms with Crippen molar-refractivity contribution in [3.63, 3.8) is 0 Å². The van der Waals surface area contributed by atoms with E-state index in [1.54, 1.807) is 0 Å². The summed E-state index contributed by atoms with van der Waals surface area (Å²) in [4.78, 5) is 10.9. The van der Waals surface area contributed by atoms with Crippen molar-refractivity contribution in [2.75, 3.05) is 5.32 Å². The zero-order chi connectivity index (χ0) is 15.0. The average molecular weight is 285 g/mol. The maximum Gasteiger partial charge on any atom is 0.307 e. The highest BCUT2D eigenvalue weighted by Crippen LogP contribution is 2.47. The SMILES string of the molecule is Cc1cc(CNc2ccc([C@@H]3C[C@H]3C(=O)O)cc2)nn1C. The van der Waals surface area contributed by atoms with E-state index in [4.69, 9.17) is 5.11 Å². The molecule has 110 valence electrons. The number of aliphatic carboxylic acids is 1. The zero-order valence-electron chi connectivity index (χ0n) is 12.2. The molecule has 1 aromatic heterocycles. The number of carboxylic acid groups (broad SMARTS) is 1. The number of rotatable bonds is 5. The molecule has 1 fully saturated rings. The van der Waals surface area contributed by atoms with Crippen LogP contribution in [0.4, 0.5) is 5.69 Å². The highest BCUT2D eigenvalue weighted by atomic mass is 16.4. The van der Waals surface area contributed by atoms with Crippen LogP contribution in [0, 0.1) is 12.8 Å². The summed E-state index contributed by atoms with van der Waals surface area (Å²) in [5.74, 6) is -0.692. The first-order valence-electron chi connectivity index (χ1n) is 7.11. The lowest BCUT2D eigenvalue weighted by Gasteiger charge is -2.06. The second kappa shape index (κ2) is 5.24.